The van der Waals surface area contributed by atoms with Gasteiger partial charge in [-0.15, -0.1) is 0 Å². The van der Waals surface area contributed by atoms with E-state index in [-0.39, 0.29) is 10.8 Å². The Hall–Kier alpha value is -4.77. The first kappa shape index (κ1) is 28.0. The highest BCUT2D eigenvalue weighted by molar-refractivity contribution is 6.07. The van der Waals surface area contributed by atoms with Crippen LogP contribution in [0.1, 0.15) is 52.7 Å². The third-order valence-electron chi connectivity index (χ3n) is 8.71. The molecule has 0 fully saturated rings. The van der Waals surface area contributed by atoms with Crippen molar-refractivity contribution in [2.45, 2.75) is 52.4 Å². The zero-order valence-corrected chi connectivity index (χ0v) is 26.7. The van der Waals surface area contributed by atoms with E-state index in [0.29, 0.717) is 0 Å². The molecule has 3 heterocycles. The van der Waals surface area contributed by atoms with Crippen molar-refractivity contribution in [3.05, 3.63) is 114 Å². The standard InChI is InChI=1S/C39H40N4O/c1-38(2,3)26-17-18-35-36(22-26)41(7)25-42(35)29-20-27(39(4,5)6)21-31(24-29)44-30-13-10-12-28(23-30)43-34-16-9-8-14-32(34)33-15-11-19-40-37(33)43/h8-24H,25H2,1-7H3. The van der Waals surface area contributed by atoms with Crippen LogP contribution in [0, 0.1) is 0 Å². The maximum absolute atomic E-state index is 6.68. The first-order chi connectivity index (χ1) is 21.0. The summed E-state index contributed by atoms with van der Waals surface area (Å²) in [6, 6.07) is 34.5. The highest BCUT2D eigenvalue weighted by Crippen LogP contribution is 2.44. The lowest BCUT2D eigenvalue weighted by Gasteiger charge is -2.26. The second kappa shape index (κ2) is 10.2. The van der Waals surface area contributed by atoms with E-state index >= 15 is 0 Å². The fraction of sp³-hybridized carbons (Fsp3) is 0.256. The highest BCUT2D eigenvalue weighted by Gasteiger charge is 2.28. The molecule has 0 unspecified atom stereocenters. The van der Waals surface area contributed by atoms with Gasteiger partial charge < -0.3 is 14.5 Å². The van der Waals surface area contributed by atoms with Crippen LogP contribution in [0.15, 0.2) is 103 Å². The Morgan fingerprint density at radius 3 is 2.18 bits per heavy atom. The summed E-state index contributed by atoms with van der Waals surface area (Å²) in [6.07, 6.45) is 1.86. The van der Waals surface area contributed by atoms with E-state index < -0.39 is 0 Å². The van der Waals surface area contributed by atoms with Gasteiger partial charge in [0.15, 0.2) is 0 Å². The van der Waals surface area contributed by atoms with Crippen LogP contribution in [0.3, 0.4) is 0 Å². The number of ether oxygens (including phenoxy) is 1. The fourth-order valence-corrected chi connectivity index (χ4v) is 6.22. The molecule has 0 bridgehead atoms. The van der Waals surface area contributed by atoms with Gasteiger partial charge >= 0.3 is 0 Å². The maximum atomic E-state index is 6.68. The van der Waals surface area contributed by atoms with Gasteiger partial charge in [0.25, 0.3) is 0 Å². The minimum atomic E-state index is -0.0465. The van der Waals surface area contributed by atoms with Crippen molar-refractivity contribution in [3.63, 3.8) is 0 Å². The zero-order valence-electron chi connectivity index (χ0n) is 26.7. The molecule has 44 heavy (non-hydrogen) atoms. The summed E-state index contributed by atoms with van der Waals surface area (Å²) in [4.78, 5) is 9.48. The van der Waals surface area contributed by atoms with Gasteiger partial charge in [-0.05, 0) is 76.6 Å². The molecule has 4 aromatic carbocycles. The lowest BCUT2D eigenvalue weighted by atomic mass is 9.86. The summed E-state index contributed by atoms with van der Waals surface area (Å²) in [5.74, 6) is 1.61. The van der Waals surface area contributed by atoms with E-state index in [9.17, 15) is 0 Å². The van der Waals surface area contributed by atoms with Gasteiger partial charge in [0.05, 0.1) is 29.2 Å². The van der Waals surface area contributed by atoms with Gasteiger partial charge in [0, 0.05) is 41.8 Å². The molecule has 0 atom stereocenters. The van der Waals surface area contributed by atoms with E-state index in [2.05, 4.69) is 148 Å². The van der Waals surface area contributed by atoms with Crippen LogP contribution in [-0.4, -0.2) is 23.3 Å². The Labute approximate surface area is 260 Å². The molecule has 6 aromatic rings. The molecule has 0 amide bonds. The van der Waals surface area contributed by atoms with Crippen LogP contribution in [0.25, 0.3) is 27.6 Å². The number of anilines is 3. The third-order valence-corrected chi connectivity index (χ3v) is 8.71. The largest absolute Gasteiger partial charge is 0.457 e. The summed E-state index contributed by atoms with van der Waals surface area (Å²) >= 11 is 0. The van der Waals surface area contributed by atoms with Crippen LogP contribution in [0.2, 0.25) is 0 Å². The normalized spacial score (nSPS) is 13.6. The number of hydrogen-bond donors (Lipinski definition) is 0. The Bertz CT molecular complexity index is 1970. The molecule has 5 heteroatoms. The van der Waals surface area contributed by atoms with Gasteiger partial charge in [-0.2, -0.15) is 0 Å². The highest BCUT2D eigenvalue weighted by atomic mass is 16.5. The molecule has 0 spiro atoms. The fourth-order valence-electron chi connectivity index (χ4n) is 6.22. The van der Waals surface area contributed by atoms with Crippen LogP contribution >= 0.6 is 0 Å². The van der Waals surface area contributed by atoms with E-state index in [4.69, 9.17) is 9.72 Å². The molecule has 0 aliphatic carbocycles. The topological polar surface area (TPSA) is 33.5 Å². The van der Waals surface area contributed by atoms with Gasteiger partial charge in [0.2, 0.25) is 0 Å². The first-order valence-corrected chi connectivity index (χ1v) is 15.4. The van der Waals surface area contributed by atoms with Crippen molar-refractivity contribution >= 4 is 39.0 Å². The molecule has 2 aromatic heterocycles. The van der Waals surface area contributed by atoms with Crippen molar-refractivity contribution < 1.29 is 4.74 Å². The summed E-state index contributed by atoms with van der Waals surface area (Å²) in [6.45, 7) is 14.4. The molecule has 5 nitrogen and oxygen atoms in total. The van der Waals surface area contributed by atoms with E-state index in [1.54, 1.807) is 0 Å². The van der Waals surface area contributed by atoms with Crippen LogP contribution in [0.4, 0.5) is 17.1 Å². The first-order valence-electron chi connectivity index (χ1n) is 15.4. The van der Waals surface area contributed by atoms with Crippen molar-refractivity contribution in [1.29, 1.82) is 0 Å². The number of para-hydroxylation sites is 1. The van der Waals surface area contributed by atoms with Crippen molar-refractivity contribution in [1.82, 2.24) is 9.55 Å². The molecular weight excluding hydrogens is 540 g/mol. The van der Waals surface area contributed by atoms with Crippen LogP contribution < -0.4 is 14.5 Å². The van der Waals surface area contributed by atoms with Crippen LogP contribution in [-0.2, 0) is 10.8 Å². The minimum Gasteiger partial charge on any atom is -0.457 e. The molecule has 0 saturated heterocycles. The van der Waals surface area contributed by atoms with Crippen molar-refractivity contribution in [3.8, 4) is 17.2 Å². The molecule has 222 valence electrons. The van der Waals surface area contributed by atoms with E-state index in [1.807, 2.05) is 18.3 Å². The molecule has 0 N–H and O–H groups in total. The minimum absolute atomic E-state index is 0.0465. The second-order valence-electron chi connectivity index (χ2n) is 14.0. The summed E-state index contributed by atoms with van der Waals surface area (Å²) < 4.78 is 8.90. The van der Waals surface area contributed by atoms with Crippen LogP contribution in [0.5, 0.6) is 11.5 Å². The average molecular weight is 581 g/mol. The molecule has 0 radical (unpaired) electrons. The Morgan fingerprint density at radius 1 is 0.636 bits per heavy atom. The quantitative estimate of drug-likeness (QED) is 0.208. The van der Waals surface area contributed by atoms with Crippen molar-refractivity contribution in [2.75, 3.05) is 23.5 Å². The number of benzene rings is 4. The van der Waals surface area contributed by atoms with E-state index in [1.165, 1.54) is 27.9 Å². The lowest BCUT2D eigenvalue weighted by molar-refractivity contribution is 0.478. The predicted octanol–water partition coefficient (Wildman–Crippen LogP) is 10.1. The van der Waals surface area contributed by atoms with E-state index in [0.717, 1.165) is 46.1 Å². The summed E-state index contributed by atoms with van der Waals surface area (Å²) in [5.41, 5.74) is 9.32. The predicted molar refractivity (Wildman–Crippen MR) is 184 cm³/mol. The monoisotopic (exact) mass is 580 g/mol. The molecule has 0 saturated carbocycles. The average Bonchev–Trinajstić information content (AvgIpc) is 3.51. The third kappa shape index (κ3) is 4.86. The number of aromatic nitrogens is 2. The molecule has 1 aliphatic heterocycles. The SMILES string of the molecule is CN1CN(c2cc(Oc3cccc(-n4c5ccccc5c5cccnc54)c3)cc(C(C)(C)C)c2)c2ccc(C(C)(C)C)cc21. The maximum Gasteiger partial charge on any atom is 0.145 e. The number of nitrogens with zero attached hydrogens (tertiary/aromatic N) is 4. The Kier molecular flexibility index (Phi) is 6.47. The molecule has 7 rings (SSSR count). The van der Waals surface area contributed by atoms with Gasteiger partial charge in [-0.3, -0.25) is 4.57 Å². The number of hydrogen-bond acceptors (Lipinski definition) is 4. The Balaban J connectivity index is 1.29. The van der Waals surface area contributed by atoms with Gasteiger partial charge in [0.1, 0.15) is 17.1 Å². The van der Waals surface area contributed by atoms with Gasteiger partial charge in [-0.1, -0.05) is 71.9 Å². The molecular formula is C39H40N4O. The smallest absolute Gasteiger partial charge is 0.145 e. The summed E-state index contributed by atoms with van der Waals surface area (Å²) in [7, 11) is 2.17. The molecule has 1 aliphatic rings. The summed E-state index contributed by atoms with van der Waals surface area (Å²) in [5, 5.41) is 2.33. The number of pyridine rings is 1. The van der Waals surface area contributed by atoms with Crippen molar-refractivity contribution in [2.24, 2.45) is 0 Å². The second-order valence-corrected chi connectivity index (χ2v) is 14.0. The van der Waals surface area contributed by atoms with Gasteiger partial charge in [-0.25, -0.2) is 4.98 Å². The Morgan fingerprint density at radius 2 is 1.39 bits per heavy atom. The zero-order chi connectivity index (χ0) is 30.8. The number of fused-ring (bicyclic) bond motifs is 4. The lowest BCUT2D eigenvalue weighted by Crippen LogP contribution is -2.24. The number of rotatable bonds is 4.